The number of aryl methyl sites for hydroxylation is 2. The third-order valence-corrected chi connectivity index (χ3v) is 5.38. The van der Waals surface area contributed by atoms with E-state index in [1.54, 1.807) is 6.20 Å². The molecule has 0 spiro atoms. The Morgan fingerprint density at radius 3 is 2.46 bits per heavy atom. The Kier molecular flexibility index (Phi) is 9.01. The van der Waals surface area contributed by atoms with Gasteiger partial charge in [0, 0.05) is 11.8 Å². The van der Waals surface area contributed by atoms with E-state index < -0.39 is 5.97 Å². The van der Waals surface area contributed by atoms with Gasteiger partial charge in [0.1, 0.15) is 17.9 Å². The SMILES string of the molecule is CO/C=C(\C(=O)OC)c1ccccc1COc1cc(C)c(/C(C)=N/OCc2ccccn2)cc1C. The van der Waals surface area contributed by atoms with Gasteiger partial charge in [0.05, 0.1) is 31.9 Å². The molecule has 182 valence electrons. The van der Waals surface area contributed by atoms with E-state index >= 15 is 0 Å². The van der Waals surface area contributed by atoms with Gasteiger partial charge in [0.25, 0.3) is 0 Å². The molecule has 0 N–H and O–H groups in total. The van der Waals surface area contributed by atoms with Gasteiger partial charge < -0.3 is 19.0 Å². The molecule has 0 aliphatic heterocycles. The lowest BCUT2D eigenvalue weighted by atomic mass is 10.0. The number of oxime groups is 1. The molecule has 0 unspecified atom stereocenters. The van der Waals surface area contributed by atoms with Crippen LogP contribution in [-0.2, 0) is 32.3 Å². The molecule has 7 nitrogen and oxygen atoms in total. The number of pyridine rings is 1. The average Bonchev–Trinajstić information content (AvgIpc) is 2.88. The van der Waals surface area contributed by atoms with Crippen LogP contribution in [0.2, 0.25) is 0 Å². The minimum Gasteiger partial charge on any atom is -0.503 e. The molecule has 35 heavy (non-hydrogen) atoms. The summed E-state index contributed by atoms with van der Waals surface area (Å²) in [6.07, 6.45) is 3.11. The zero-order valence-corrected chi connectivity index (χ0v) is 20.7. The maximum atomic E-state index is 12.2. The molecular weight excluding hydrogens is 444 g/mol. The lowest BCUT2D eigenvalue weighted by Gasteiger charge is -2.16. The molecule has 3 rings (SSSR count). The molecule has 0 saturated heterocycles. The number of nitrogens with zero attached hydrogens (tertiary/aromatic N) is 2. The molecule has 0 aliphatic carbocycles. The van der Waals surface area contributed by atoms with Crippen LogP contribution in [0, 0.1) is 13.8 Å². The third kappa shape index (κ3) is 6.69. The Morgan fingerprint density at radius 1 is 0.971 bits per heavy atom. The molecule has 0 aliphatic rings. The fourth-order valence-electron chi connectivity index (χ4n) is 3.58. The van der Waals surface area contributed by atoms with Crippen LogP contribution in [0.1, 0.15) is 40.4 Å². The second-order valence-corrected chi connectivity index (χ2v) is 7.91. The lowest BCUT2D eigenvalue weighted by Crippen LogP contribution is -2.09. The van der Waals surface area contributed by atoms with Crippen molar-refractivity contribution in [3.8, 4) is 5.75 Å². The van der Waals surface area contributed by atoms with Crippen molar-refractivity contribution in [2.75, 3.05) is 14.2 Å². The zero-order chi connectivity index (χ0) is 25.2. The molecule has 3 aromatic rings. The van der Waals surface area contributed by atoms with Crippen molar-refractivity contribution >= 4 is 17.3 Å². The normalized spacial score (nSPS) is 11.7. The van der Waals surface area contributed by atoms with E-state index in [9.17, 15) is 4.79 Å². The number of benzene rings is 2. The number of esters is 1. The predicted molar refractivity (Wildman–Crippen MR) is 135 cm³/mol. The summed E-state index contributed by atoms with van der Waals surface area (Å²) in [5.74, 6) is 0.273. The first-order valence-electron chi connectivity index (χ1n) is 11.1. The third-order valence-electron chi connectivity index (χ3n) is 5.38. The Balaban J connectivity index is 1.75. The summed E-state index contributed by atoms with van der Waals surface area (Å²) in [5.41, 5.74) is 6.40. The van der Waals surface area contributed by atoms with E-state index in [4.69, 9.17) is 19.0 Å². The van der Waals surface area contributed by atoms with Crippen molar-refractivity contribution in [2.45, 2.75) is 34.0 Å². The standard InChI is InChI=1S/C28H30N2O5/c1-19-15-27(20(2)14-25(19)21(3)30-35-17-23-11-8-9-13-29-23)34-16-22-10-6-7-12-24(22)26(18-32-4)28(31)33-5/h6-15,18H,16-17H2,1-5H3/b26-18-,30-21+. The Labute approximate surface area is 206 Å². The lowest BCUT2D eigenvalue weighted by molar-refractivity contribution is -0.133. The van der Waals surface area contributed by atoms with Crippen molar-refractivity contribution < 1.29 is 23.8 Å². The monoisotopic (exact) mass is 474 g/mol. The highest BCUT2D eigenvalue weighted by Crippen LogP contribution is 2.27. The first kappa shape index (κ1) is 25.5. The number of hydrogen-bond acceptors (Lipinski definition) is 7. The second-order valence-electron chi connectivity index (χ2n) is 7.91. The van der Waals surface area contributed by atoms with Gasteiger partial charge in [-0.2, -0.15) is 0 Å². The number of methoxy groups -OCH3 is 2. The van der Waals surface area contributed by atoms with Crippen LogP contribution in [-0.4, -0.2) is 30.9 Å². The van der Waals surface area contributed by atoms with Crippen molar-refractivity contribution in [3.63, 3.8) is 0 Å². The van der Waals surface area contributed by atoms with Crippen molar-refractivity contribution in [1.82, 2.24) is 4.98 Å². The number of aromatic nitrogens is 1. The van der Waals surface area contributed by atoms with Crippen molar-refractivity contribution in [1.29, 1.82) is 0 Å². The maximum absolute atomic E-state index is 12.2. The number of rotatable bonds is 10. The number of carbonyl (C=O) groups excluding carboxylic acids is 1. The van der Waals surface area contributed by atoms with E-state index in [1.807, 2.05) is 75.4 Å². The number of carbonyl (C=O) groups is 1. The molecule has 1 aromatic heterocycles. The van der Waals surface area contributed by atoms with E-state index in [2.05, 4.69) is 10.1 Å². The van der Waals surface area contributed by atoms with Gasteiger partial charge in [-0.3, -0.25) is 4.98 Å². The van der Waals surface area contributed by atoms with E-state index in [0.717, 1.165) is 39.4 Å². The van der Waals surface area contributed by atoms with Crippen LogP contribution in [0.15, 0.2) is 72.2 Å². The fourth-order valence-corrected chi connectivity index (χ4v) is 3.58. The van der Waals surface area contributed by atoms with Gasteiger partial charge in [-0.1, -0.05) is 35.5 Å². The summed E-state index contributed by atoms with van der Waals surface area (Å²) in [6.45, 7) is 6.48. The van der Waals surface area contributed by atoms with Crippen LogP contribution in [0.25, 0.3) is 5.57 Å². The molecule has 0 bridgehead atoms. The Hall–Kier alpha value is -4.13. The molecule has 0 fully saturated rings. The highest BCUT2D eigenvalue weighted by Gasteiger charge is 2.17. The van der Waals surface area contributed by atoms with Gasteiger partial charge in [-0.15, -0.1) is 0 Å². The summed E-state index contributed by atoms with van der Waals surface area (Å²) in [5, 5.41) is 4.26. The van der Waals surface area contributed by atoms with Crippen LogP contribution >= 0.6 is 0 Å². The largest absolute Gasteiger partial charge is 0.503 e. The van der Waals surface area contributed by atoms with Crippen LogP contribution < -0.4 is 4.74 Å². The zero-order valence-electron chi connectivity index (χ0n) is 20.7. The molecule has 2 aromatic carbocycles. The topological polar surface area (TPSA) is 79.2 Å². The number of ether oxygens (including phenoxy) is 3. The molecule has 7 heteroatoms. The predicted octanol–water partition coefficient (Wildman–Crippen LogP) is 5.38. The van der Waals surface area contributed by atoms with E-state index in [0.29, 0.717) is 17.7 Å². The summed E-state index contributed by atoms with van der Waals surface area (Å²) in [4.78, 5) is 22.0. The number of hydrogen-bond donors (Lipinski definition) is 0. The van der Waals surface area contributed by atoms with Gasteiger partial charge >= 0.3 is 5.97 Å². The van der Waals surface area contributed by atoms with E-state index in [-0.39, 0.29) is 6.61 Å². The van der Waals surface area contributed by atoms with Crippen molar-refractivity contribution in [2.24, 2.45) is 5.16 Å². The van der Waals surface area contributed by atoms with Crippen LogP contribution in [0.3, 0.4) is 0 Å². The molecular formula is C28H30N2O5. The van der Waals surface area contributed by atoms with Crippen molar-refractivity contribution in [3.05, 3.63) is 101 Å². The van der Waals surface area contributed by atoms with Crippen LogP contribution in [0.5, 0.6) is 5.75 Å². The average molecular weight is 475 g/mol. The first-order chi connectivity index (χ1) is 16.9. The molecule has 0 saturated carbocycles. The summed E-state index contributed by atoms with van der Waals surface area (Å²) < 4.78 is 16.2. The molecule has 0 atom stereocenters. The summed E-state index contributed by atoms with van der Waals surface area (Å²) in [6, 6.07) is 17.2. The molecule has 0 radical (unpaired) electrons. The molecule has 0 amide bonds. The smallest absolute Gasteiger partial charge is 0.341 e. The Bertz CT molecular complexity index is 1220. The maximum Gasteiger partial charge on any atom is 0.341 e. The van der Waals surface area contributed by atoms with Gasteiger partial charge in [0.2, 0.25) is 0 Å². The Morgan fingerprint density at radius 2 is 1.74 bits per heavy atom. The minimum atomic E-state index is -0.476. The van der Waals surface area contributed by atoms with Crippen LogP contribution in [0.4, 0.5) is 0 Å². The van der Waals surface area contributed by atoms with Gasteiger partial charge in [0.15, 0.2) is 6.61 Å². The first-order valence-corrected chi connectivity index (χ1v) is 11.1. The highest BCUT2D eigenvalue weighted by molar-refractivity contribution is 6.16. The summed E-state index contributed by atoms with van der Waals surface area (Å²) >= 11 is 0. The van der Waals surface area contributed by atoms with E-state index in [1.165, 1.54) is 20.5 Å². The minimum absolute atomic E-state index is 0.272. The summed E-state index contributed by atoms with van der Waals surface area (Å²) in [7, 11) is 2.83. The second kappa shape index (κ2) is 12.4. The fraction of sp³-hybridized carbons (Fsp3) is 0.250. The highest BCUT2D eigenvalue weighted by atomic mass is 16.6. The van der Waals surface area contributed by atoms with Gasteiger partial charge in [-0.05, 0) is 67.3 Å². The van der Waals surface area contributed by atoms with Gasteiger partial charge in [-0.25, -0.2) is 4.79 Å². The quantitative estimate of drug-likeness (QED) is 0.129. The molecule has 1 heterocycles.